The molecule has 2 rings (SSSR count). The molecule has 0 bridgehead atoms. The van der Waals surface area contributed by atoms with Crippen LogP contribution in [-0.2, 0) is 0 Å². The van der Waals surface area contributed by atoms with Crippen molar-refractivity contribution in [2.45, 2.75) is 26.3 Å². The van der Waals surface area contributed by atoms with E-state index in [0.717, 1.165) is 12.0 Å². The molecule has 0 saturated carbocycles. The molecule has 1 aromatic heterocycles. The Hall–Kier alpha value is -2.10. The second kappa shape index (κ2) is 5.49. The van der Waals surface area contributed by atoms with E-state index in [1.807, 2.05) is 44.2 Å². The van der Waals surface area contributed by atoms with Crippen LogP contribution in [0.15, 0.2) is 41.1 Å². The van der Waals surface area contributed by atoms with Crippen LogP contribution < -0.4 is 5.32 Å². The molecule has 18 heavy (non-hydrogen) atoms. The Kier molecular flexibility index (Phi) is 3.77. The van der Waals surface area contributed by atoms with Crippen molar-refractivity contribution in [2.24, 2.45) is 0 Å². The average Bonchev–Trinajstić information content (AvgIpc) is 2.88. The summed E-state index contributed by atoms with van der Waals surface area (Å²) in [5.74, 6) is 0.313. The number of carbonyl (C=O) groups excluding carboxylic acids is 1. The van der Waals surface area contributed by atoms with E-state index in [4.69, 9.17) is 4.42 Å². The van der Waals surface area contributed by atoms with Gasteiger partial charge < -0.3 is 9.73 Å². The van der Waals surface area contributed by atoms with Gasteiger partial charge in [-0.15, -0.1) is 0 Å². The SMILES string of the molecule is CCC(C)NC(=O)c1ncoc1-c1ccccc1. The van der Waals surface area contributed by atoms with Crippen molar-refractivity contribution in [1.29, 1.82) is 0 Å². The van der Waals surface area contributed by atoms with E-state index in [1.54, 1.807) is 0 Å². The first kappa shape index (κ1) is 12.4. The number of rotatable bonds is 4. The van der Waals surface area contributed by atoms with Crippen molar-refractivity contribution in [3.05, 3.63) is 42.4 Å². The highest BCUT2D eigenvalue weighted by Crippen LogP contribution is 2.22. The Morgan fingerprint density at radius 2 is 2.11 bits per heavy atom. The highest BCUT2D eigenvalue weighted by Gasteiger charge is 2.18. The summed E-state index contributed by atoms with van der Waals surface area (Å²) in [6.07, 6.45) is 2.18. The van der Waals surface area contributed by atoms with Crippen LogP contribution >= 0.6 is 0 Å². The third-order valence-corrected chi connectivity index (χ3v) is 2.81. The van der Waals surface area contributed by atoms with Crippen molar-refractivity contribution in [3.8, 4) is 11.3 Å². The summed E-state index contributed by atoms with van der Waals surface area (Å²) >= 11 is 0. The number of nitrogens with one attached hydrogen (secondary N) is 1. The zero-order valence-electron chi connectivity index (χ0n) is 10.5. The summed E-state index contributed by atoms with van der Waals surface area (Å²) in [4.78, 5) is 16.0. The lowest BCUT2D eigenvalue weighted by Gasteiger charge is -2.10. The molecule has 1 unspecified atom stereocenters. The molecule has 4 nitrogen and oxygen atoms in total. The number of amides is 1. The fourth-order valence-electron chi connectivity index (χ4n) is 1.60. The lowest BCUT2D eigenvalue weighted by atomic mass is 10.1. The second-order valence-corrected chi connectivity index (χ2v) is 4.18. The number of aromatic nitrogens is 1. The lowest BCUT2D eigenvalue weighted by Crippen LogP contribution is -2.32. The molecule has 1 N–H and O–H groups in total. The molecule has 0 fully saturated rings. The van der Waals surface area contributed by atoms with E-state index in [1.165, 1.54) is 6.39 Å². The monoisotopic (exact) mass is 244 g/mol. The van der Waals surface area contributed by atoms with E-state index in [0.29, 0.717) is 11.5 Å². The van der Waals surface area contributed by atoms with Crippen LogP contribution in [-0.4, -0.2) is 16.9 Å². The Morgan fingerprint density at radius 1 is 1.39 bits per heavy atom. The quantitative estimate of drug-likeness (QED) is 0.899. The number of oxazole rings is 1. The third-order valence-electron chi connectivity index (χ3n) is 2.81. The molecule has 1 aromatic carbocycles. The summed E-state index contributed by atoms with van der Waals surface area (Å²) in [6, 6.07) is 9.61. The first-order chi connectivity index (χ1) is 8.72. The number of carbonyl (C=O) groups is 1. The Morgan fingerprint density at radius 3 is 2.78 bits per heavy atom. The molecular formula is C14H16N2O2. The van der Waals surface area contributed by atoms with Gasteiger partial charge in [0.2, 0.25) is 0 Å². The average molecular weight is 244 g/mol. The van der Waals surface area contributed by atoms with Crippen LogP contribution in [0.3, 0.4) is 0 Å². The number of hydrogen-bond donors (Lipinski definition) is 1. The highest BCUT2D eigenvalue weighted by atomic mass is 16.3. The summed E-state index contributed by atoms with van der Waals surface area (Å²) in [6.45, 7) is 3.98. The van der Waals surface area contributed by atoms with Gasteiger partial charge >= 0.3 is 0 Å². The summed E-state index contributed by atoms with van der Waals surface area (Å²) < 4.78 is 5.32. The van der Waals surface area contributed by atoms with Gasteiger partial charge in [0.25, 0.3) is 5.91 Å². The summed E-state index contributed by atoms with van der Waals surface area (Å²) in [5.41, 5.74) is 1.19. The number of benzene rings is 1. The molecule has 4 heteroatoms. The van der Waals surface area contributed by atoms with Gasteiger partial charge in [-0.3, -0.25) is 4.79 Å². The van der Waals surface area contributed by atoms with Crippen molar-refractivity contribution in [2.75, 3.05) is 0 Å². The topological polar surface area (TPSA) is 55.1 Å². The van der Waals surface area contributed by atoms with Gasteiger partial charge in [0, 0.05) is 11.6 Å². The predicted molar refractivity (Wildman–Crippen MR) is 69.2 cm³/mol. The van der Waals surface area contributed by atoms with Crippen molar-refractivity contribution in [1.82, 2.24) is 10.3 Å². The van der Waals surface area contributed by atoms with Gasteiger partial charge in [0.15, 0.2) is 17.8 Å². The predicted octanol–water partition coefficient (Wildman–Crippen LogP) is 2.87. The molecule has 0 radical (unpaired) electrons. The van der Waals surface area contributed by atoms with E-state index in [2.05, 4.69) is 10.3 Å². The van der Waals surface area contributed by atoms with E-state index in [-0.39, 0.29) is 11.9 Å². The molecule has 0 aliphatic rings. The Bertz CT molecular complexity index is 520. The highest BCUT2D eigenvalue weighted by molar-refractivity contribution is 5.97. The van der Waals surface area contributed by atoms with Crippen LogP contribution in [0.2, 0.25) is 0 Å². The van der Waals surface area contributed by atoms with Crippen LogP contribution in [0.25, 0.3) is 11.3 Å². The van der Waals surface area contributed by atoms with Gasteiger partial charge in [0.1, 0.15) is 0 Å². The van der Waals surface area contributed by atoms with Gasteiger partial charge in [-0.25, -0.2) is 4.98 Å². The van der Waals surface area contributed by atoms with Crippen molar-refractivity contribution < 1.29 is 9.21 Å². The molecule has 0 saturated heterocycles. The fourth-order valence-corrected chi connectivity index (χ4v) is 1.60. The van der Waals surface area contributed by atoms with Crippen LogP contribution in [0.5, 0.6) is 0 Å². The molecule has 1 amide bonds. The molecule has 2 aromatic rings. The van der Waals surface area contributed by atoms with Crippen LogP contribution in [0.1, 0.15) is 30.8 Å². The molecule has 0 spiro atoms. The zero-order valence-corrected chi connectivity index (χ0v) is 10.5. The maximum Gasteiger partial charge on any atom is 0.274 e. The smallest absolute Gasteiger partial charge is 0.274 e. The largest absolute Gasteiger partial charge is 0.443 e. The molecule has 1 heterocycles. The van der Waals surface area contributed by atoms with Crippen molar-refractivity contribution >= 4 is 5.91 Å². The molecule has 1 atom stereocenters. The van der Waals surface area contributed by atoms with Crippen LogP contribution in [0, 0.1) is 0 Å². The Labute approximate surface area is 106 Å². The lowest BCUT2D eigenvalue weighted by molar-refractivity contribution is 0.0935. The number of hydrogen-bond acceptors (Lipinski definition) is 3. The zero-order chi connectivity index (χ0) is 13.0. The van der Waals surface area contributed by atoms with Gasteiger partial charge in [0.05, 0.1) is 0 Å². The van der Waals surface area contributed by atoms with E-state index >= 15 is 0 Å². The fraction of sp³-hybridized carbons (Fsp3) is 0.286. The summed E-state index contributed by atoms with van der Waals surface area (Å²) in [7, 11) is 0. The van der Waals surface area contributed by atoms with Crippen molar-refractivity contribution in [3.63, 3.8) is 0 Å². The van der Waals surface area contributed by atoms with E-state index in [9.17, 15) is 4.79 Å². The first-order valence-electron chi connectivity index (χ1n) is 6.02. The Balaban J connectivity index is 2.26. The molecule has 94 valence electrons. The normalized spacial score (nSPS) is 12.1. The number of nitrogens with zero attached hydrogens (tertiary/aromatic N) is 1. The van der Waals surface area contributed by atoms with Gasteiger partial charge in [-0.1, -0.05) is 37.3 Å². The van der Waals surface area contributed by atoms with Crippen LogP contribution in [0.4, 0.5) is 0 Å². The molecular weight excluding hydrogens is 228 g/mol. The van der Waals surface area contributed by atoms with Gasteiger partial charge in [-0.05, 0) is 13.3 Å². The maximum atomic E-state index is 12.0. The summed E-state index contributed by atoms with van der Waals surface area (Å²) in [5, 5.41) is 2.88. The van der Waals surface area contributed by atoms with Gasteiger partial charge in [-0.2, -0.15) is 0 Å². The minimum absolute atomic E-state index is 0.123. The second-order valence-electron chi connectivity index (χ2n) is 4.18. The maximum absolute atomic E-state index is 12.0. The minimum Gasteiger partial charge on any atom is -0.443 e. The first-order valence-corrected chi connectivity index (χ1v) is 6.02. The minimum atomic E-state index is -0.197. The standard InChI is InChI=1S/C14H16N2O2/c1-3-10(2)16-14(17)12-13(18-9-15-12)11-7-5-4-6-8-11/h4-10H,3H2,1-2H3,(H,16,17). The molecule has 0 aliphatic heterocycles. The molecule has 0 aliphatic carbocycles. The van der Waals surface area contributed by atoms with E-state index < -0.39 is 0 Å². The third kappa shape index (κ3) is 2.59.